The lowest BCUT2D eigenvalue weighted by Crippen LogP contribution is -2.51. The van der Waals surface area contributed by atoms with E-state index in [1.54, 1.807) is 67.0 Å². The fourth-order valence-electron chi connectivity index (χ4n) is 3.27. The molecular weight excluding hydrogens is 430 g/mol. The second-order valence-corrected chi connectivity index (χ2v) is 10.4. The van der Waals surface area contributed by atoms with Gasteiger partial charge < -0.3 is 14.5 Å². The molecule has 0 aliphatic carbocycles. The number of hydrogen-bond acceptors (Lipinski definition) is 5. The molecule has 1 aliphatic heterocycles. The number of hydrogen-bond donors (Lipinski definition) is 1. The van der Waals surface area contributed by atoms with Gasteiger partial charge in [0.25, 0.3) is 15.9 Å². The molecule has 1 N–H and O–H groups in total. The maximum absolute atomic E-state index is 13.1. The highest BCUT2D eigenvalue weighted by atomic mass is 32.2. The molecule has 0 atom stereocenters. The van der Waals surface area contributed by atoms with Crippen molar-refractivity contribution >= 4 is 27.7 Å². The number of para-hydroxylation sites is 1. The molecule has 1 fully saturated rings. The minimum atomic E-state index is -3.84. The largest absolute Gasteiger partial charge is 0.444 e. The van der Waals surface area contributed by atoms with Gasteiger partial charge in [0.1, 0.15) is 5.60 Å². The SMILES string of the molecule is Cc1ccc(S(=O)(=O)Nc2ccccc2C(=O)N2CCN(C(=O)OC(C)(C)C)CC2)cc1. The molecule has 0 saturated carbocycles. The van der Waals surface area contributed by atoms with Crippen molar-refractivity contribution in [3.8, 4) is 0 Å². The van der Waals surface area contributed by atoms with Gasteiger partial charge in [-0.3, -0.25) is 9.52 Å². The molecule has 9 heteroatoms. The van der Waals surface area contributed by atoms with E-state index in [-0.39, 0.29) is 22.1 Å². The summed E-state index contributed by atoms with van der Waals surface area (Å²) in [5, 5.41) is 0. The van der Waals surface area contributed by atoms with Crippen LogP contribution in [0.5, 0.6) is 0 Å². The molecule has 0 radical (unpaired) electrons. The molecule has 8 nitrogen and oxygen atoms in total. The Bertz CT molecular complexity index is 1080. The summed E-state index contributed by atoms with van der Waals surface area (Å²) in [6.07, 6.45) is -0.407. The van der Waals surface area contributed by atoms with Crippen LogP contribution in [0.3, 0.4) is 0 Å². The highest BCUT2D eigenvalue weighted by Crippen LogP contribution is 2.23. The van der Waals surface area contributed by atoms with E-state index in [0.29, 0.717) is 26.2 Å². The third-order valence-electron chi connectivity index (χ3n) is 4.95. The summed E-state index contributed by atoms with van der Waals surface area (Å²) >= 11 is 0. The van der Waals surface area contributed by atoms with E-state index >= 15 is 0 Å². The number of aryl methyl sites for hydroxylation is 1. The number of sulfonamides is 1. The molecule has 0 aromatic heterocycles. The Labute approximate surface area is 189 Å². The summed E-state index contributed by atoms with van der Waals surface area (Å²) in [5.41, 5.74) is 0.837. The van der Waals surface area contributed by atoms with Gasteiger partial charge in [-0.25, -0.2) is 13.2 Å². The molecule has 32 heavy (non-hydrogen) atoms. The number of ether oxygens (including phenoxy) is 1. The molecule has 0 spiro atoms. The monoisotopic (exact) mass is 459 g/mol. The minimum Gasteiger partial charge on any atom is -0.444 e. The smallest absolute Gasteiger partial charge is 0.410 e. The van der Waals surface area contributed by atoms with Crippen molar-refractivity contribution in [1.29, 1.82) is 0 Å². The van der Waals surface area contributed by atoms with Gasteiger partial charge in [0.2, 0.25) is 0 Å². The number of carbonyl (C=O) groups is 2. The molecule has 2 amide bonds. The van der Waals surface area contributed by atoms with Crippen LogP contribution in [-0.2, 0) is 14.8 Å². The van der Waals surface area contributed by atoms with E-state index in [4.69, 9.17) is 4.74 Å². The number of rotatable bonds is 4. The van der Waals surface area contributed by atoms with Crippen LogP contribution in [0.4, 0.5) is 10.5 Å². The number of benzene rings is 2. The van der Waals surface area contributed by atoms with Crippen LogP contribution in [0.25, 0.3) is 0 Å². The Morgan fingerprint density at radius 3 is 2.06 bits per heavy atom. The summed E-state index contributed by atoms with van der Waals surface area (Å²) < 4.78 is 33.5. The van der Waals surface area contributed by atoms with Gasteiger partial charge in [0, 0.05) is 26.2 Å². The highest BCUT2D eigenvalue weighted by Gasteiger charge is 2.29. The van der Waals surface area contributed by atoms with Crippen LogP contribution < -0.4 is 4.72 Å². The average Bonchev–Trinajstić information content (AvgIpc) is 2.72. The Hall–Kier alpha value is -3.07. The molecule has 0 unspecified atom stereocenters. The first-order chi connectivity index (χ1) is 15.0. The van der Waals surface area contributed by atoms with Gasteiger partial charge in [-0.2, -0.15) is 0 Å². The van der Waals surface area contributed by atoms with E-state index < -0.39 is 21.7 Å². The summed E-state index contributed by atoms with van der Waals surface area (Å²) in [6, 6.07) is 13.0. The maximum Gasteiger partial charge on any atom is 0.410 e. The van der Waals surface area contributed by atoms with E-state index in [2.05, 4.69) is 4.72 Å². The van der Waals surface area contributed by atoms with Gasteiger partial charge in [0.05, 0.1) is 16.1 Å². The van der Waals surface area contributed by atoms with Crippen molar-refractivity contribution in [2.24, 2.45) is 0 Å². The number of nitrogens with zero attached hydrogens (tertiary/aromatic N) is 2. The first kappa shape index (κ1) is 23.6. The number of amides is 2. The first-order valence-electron chi connectivity index (χ1n) is 10.4. The van der Waals surface area contributed by atoms with Gasteiger partial charge in [0.15, 0.2) is 0 Å². The molecule has 3 rings (SSSR count). The van der Waals surface area contributed by atoms with Crippen molar-refractivity contribution < 1.29 is 22.7 Å². The molecule has 172 valence electrons. The second-order valence-electron chi connectivity index (χ2n) is 8.72. The lowest BCUT2D eigenvalue weighted by Gasteiger charge is -2.35. The standard InChI is InChI=1S/C23H29N3O5S/c1-17-9-11-18(12-10-17)32(29,30)24-20-8-6-5-7-19(20)21(27)25-13-15-26(16-14-25)22(28)31-23(2,3)4/h5-12,24H,13-16H2,1-4H3. The normalized spacial score (nSPS) is 14.8. The van der Waals surface area contributed by atoms with Crippen LogP contribution in [0.15, 0.2) is 53.4 Å². The Balaban J connectivity index is 1.71. The zero-order chi connectivity index (χ0) is 23.5. The van der Waals surface area contributed by atoms with Crippen molar-refractivity contribution in [3.05, 3.63) is 59.7 Å². The number of anilines is 1. The fourth-order valence-corrected chi connectivity index (χ4v) is 4.35. The molecule has 1 saturated heterocycles. The quantitative estimate of drug-likeness (QED) is 0.755. The van der Waals surface area contributed by atoms with E-state index in [0.717, 1.165) is 5.56 Å². The molecule has 2 aromatic rings. The topological polar surface area (TPSA) is 96.0 Å². The van der Waals surface area contributed by atoms with Crippen molar-refractivity contribution in [2.75, 3.05) is 30.9 Å². The third-order valence-corrected chi connectivity index (χ3v) is 6.33. The molecule has 2 aromatic carbocycles. The Morgan fingerprint density at radius 2 is 1.47 bits per heavy atom. The summed E-state index contributed by atoms with van der Waals surface area (Å²) in [6.45, 7) is 8.64. The maximum atomic E-state index is 13.1. The highest BCUT2D eigenvalue weighted by molar-refractivity contribution is 7.92. The lowest BCUT2D eigenvalue weighted by molar-refractivity contribution is 0.0141. The van der Waals surface area contributed by atoms with Crippen molar-refractivity contribution in [2.45, 2.75) is 38.2 Å². The molecule has 1 heterocycles. The summed E-state index contributed by atoms with van der Waals surface area (Å²) in [5.74, 6) is -0.295. The van der Waals surface area contributed by atoms with Crippen LogP contribution in [0.1, 0.15) is 36.7 Å². The third kappa shape index (κ3) is 5.79. The zero-order valence-corrected chi connectivity index (χ0v) is 19.6. The van der Waals surface area contributed by atoms with Gasteiger partial charge >= 0.3 is 6.09 Å². The zero-order valence-electron chi connectivity index (χ0n) is 18.8. The van der Waals surface area contributed by atoms with E-state index in [1.807, 2.05) is 6.92 Å². The average molecular weight is 460 g/mol. The number of piperazine rings is 1. The summed E-state index contributed by atoms with van der Waals surface area (Å²) in [7, 11) is -3.84. The van der Waals surface area contributed by atoms with Gasteiger partial charge in [-0.05, 0) is 52.0 Å². The predicted molar refractivity (Wildman–Crippen MR) is 122 cm³/mol. The fraction of sp³-hybridized carbons (Fsp3) is 0.391. The van der Waals surface area contributed by atoms with Crippen LogP contribution in [-0.4, -0.2) is 62.0 Å². The molecular formula is C23H29N3O5S. The van der Waals surface area contributed by atoms with Crippen molar-refractivity contribution in [3.63, 3.8) is 0 Å². The number of carbonyl (C=O) groups excluding carboxylic acids is 2. The predicted octanol–water partition coefficient (Wildman–Crippen LogP) is 3.49. The van der Waals surface area contributed by atoms with Gasteiger partial charge in [-0.1, -0.05) is 29.8 Å². The number of nitrogens with one attached hydrogen (secondary N) is 1. The Morgan fingerprint density at radius 1 is 0.906 bits per heavy atom. The Kier molecular flexibility index (Phi) is 6.78. The van der Waals surface area contributed by atoms with Crippen LogP contribution in [0, 0.1) is 6.92 Å². The van der Waals surface area contributed by atoms with E-state index in [1.165, 1.54) is 12.1 Å². The molecule has 0 bridgehead atoms. The van der Waals surface area contributed by atoms with Crippen LogP contribution >= 0.6 is 0 Å². The summed E-state index contributed by atoms with van der Waals surface area (Å²) in [4.78, 5) is 28.7. The first-order valence-corrected chi connectivity index (χ1v) is 11.9. The lowest BCUT2D eigenvalue weighted by atomic mass is 10.1. The van der Waals surface area contributed by atoms with Gasteiger partial charge in [-0.15, -0.1) is 0 Å². The van der Waals surface area contributed by atoms with Crippen LogP contribution in [0.2, 0.25) is 0 Å². The van der Waals surface area contributed by atoms with Crippen molar-refractivity contribution in [1.82, 2.24) is 9.80 Å². The van der Waals surface area contributed by atoms with E-state index in [9.17, 15) is 18.0 Å². The second kappa shape index (κ2) is 9.20. The molecule has 1 aliphatic rings. The minimum absolute atomic E-state index is 0.122.